The smallest absolute Gasteiger partial charge is 0.0593 e. The minimum absolute atomic E-state index is 0.695. The van der Waals surface area contributed by atoms with Crippen molar-refractivity contribution in [1.82, 2.24) is 10.2 Å². The summed E-state index contributed by atoms with van der Waals surface area (Å²) in [7, 11) is 2.05. The van der Waals surface area contributed by atoms with E-state index in [1.54, 1.807) is 0 Å². The quantitative estimate of drug-likeness (QED) is 0.647. The van der Waals surface area contributed by atoms with E-state index in [0.717, 1.165) is 25.7 Å². The Kier molecular flexibility index (Phi) is 6.22. The molecule has 1 atom stereocenters. The van der Waals surface area contributed by atoms with E-state index in [4.69, 9.17) is 4.74 Å². The molecule has 0 spiro atoms. The molecule has 1 fully saturated rings. The Morgan fingerprint density at radius 1 is 1.40 bits per heavy atom. The largest absolute Gasteiger partial charge is 0.380 e. The van der Waals surface area contributed by atoms with Crippen molar-refractivity contribution in [2.75, 3.05) is 39.9 Å². The van der Waals surface area contributed by atoms with Crippen molar-refractivity contribution in [2.45, 2.75) is 32.7 Å². The Balaban J connectivity index is 1.92. The predicted molar refractivity (Wildman–Crippen MR) is 64.2 cm³/mol. The molecule has 0 aromatic heterocycles. The van der Waals surface area contributed by atoms with Gasteiger partial charge in [-0.15, -0.1) is 0 Å². The first kappa shape index (κ1) is 12.9. The topological polar surface area (TPSA) is 24.5 Å². The van der Waals surface area contributed by atoms with Gasteiger partial charge in [0.2, 0.25) is 0 Å². The molecule has 0 radical (unpaired) electrons. The lowest BCUT2D eigenvalue weighted by atomic mass is 10.1. The predicted octanol–water partition coefficient (Wildman–Crippen LogP) is 1.34. The van der Waals surface area contributed by atoms with Gasteiger partial charge in [0.15, 0.2) is 0 Å². The molecule has 1 aliphatic heterocycles. The molecule has 0 aromatic rings. The number of likely N-dealkylation sites (tertiary alicyclic amines) is 1. The van der Waals surface area contributed by atoms with Crippen LogP contribution in [0.25, 0.3) is 0 Å². The second kappa shape index (κ2) is 7.20. The molecular formula is C12H26N2O. The van der Waals surface area contributed by atoms with Crippen LogP contribution in [0.4, 0.5) is 0 Å². The maximum atomic E-state index is 5.61. The summed E-state index contributed by atoms with van der Waals surface area (Å²) < 4.78 is 5.61. The van der Waals surface area contributed by atoms with Crippen molar-refractivity contribution in [2.24, 2.45) is 5.92 Å². The zero-order chi connectivity index (χ0) is 11.1. The highest BCUT2D eigenvalue weighted by atomic mass is 16.5. The van der Waals surface area contributed by atoms with Gasteiger partial charge in [0.25, 0.3) is 0 Å². The standard InChI is InChI=1S/C12H26N2O/c1-11(2)5-8-15-9-7-14-6-4-12(10-14)13-3/h11-13H,4-10H2,1-3H3. The van der Waals surface area contributed by atoms with Gasteiger partial charge >= 0.3 is 0 Å². The molecule has 3 nitrogen and oxygen atoms in total. The maximum Gasteiger partial charge on any atom is 0.0593 e. The molecule has 1 saturated heterocycles. The Labute approximate surface area is 94.2 Å². The minimum Gasteiger partial charge on any atom is -0.380 e. The van der Waals surface area contributed by atoms with Crippen LogP contribution in [0.5, 0.6) is 0 Å². The molecule has 0 amide bonds. The summed E-state index contributed by atoms with van der Waals surface area (Å²) in [4.78, 5) is 2.48. The fourth-order valence-corrected chi connectivity index (χ4v) is 1.89. The summed E-state index contributed by atoms with van der Waals surface area (Å²) in [6.45, 7) is 9.78. The van der Waals surface area contributed by atoms with Crippen molar-refractivity contribution < 1.29 is 4.74 Å². The third-order valence-electron chi connectivity index (χ3n) is 3.07. The summed E-state index contributed by atoms with van der Waals surface area (Å²) in [6.07, 6.45) is 2.46. The third kappa shape index (κ3) is 5.50. The molecule has 0 aliphatic carbocycles. The van der Waals surface area contributed by atoms with Crippen molar-refractivity contribution in [1.29, 1.82) is 0 Å². The van der Waals surface area contributed by atoms with Gasteiger partial charge in [-0.05, 0) is 32.4 Å². The van der Waals surface area contributed by atoms with Gasteiger partial charge in [-0.1, -0.05) is 13.8 Å². The molecule has 3 heteroatoms. The van der Waals surface area contributed by atoms with E-state index >= 15 is 0 Å². The van der Waals surface area contributed by atoms with E-state index in [9.17, 15) is 0 Å². The van der Waals surface area contributed by atoms with Crippen LogP contribution in [0.3, 0.4) is 0 Å². The molecule has 1 rings (SSSR count). The summed E-state index contributed by atoms with van der Waals surface area (Å²) in [6, 6.07) is 0.695. The summed E-state index contributed by atoms with van der Waals surface area (Å²) >= 11 is 0. The molecular weight excluding hydrogens is 188 g/mol. The molecule has 0 saturated carbocycles. The molecule has 1 heterocycles. The molecule has 1 aliphatic rings. The lowest BCUT2D eigenvalue weighted by molar-refractivity contribution is 0.102. The zero-order valence-electron chi connectivity index (χ0n) is 10.5. The highest BCUT2D eigenvalue weighted by Crippen LogP contribution is 2.07. The van der Waals surface area contributed by atoms with Crippen LogP contribution in [-0.4, -0.2) is 50.8 Å². The molecule has 90 valence electrons. The van der Waals surface area contributed by atoms with Crippen LogP contribution >= 0.6 is 0 Å². The van der Waals surface area contributed by atoms with Gasteiger partial charge in [-0.25, -0.2) is 0 Å². The SMILES string of the molecule is CNC1CCN(CCOCCC(C)C)C1. The summed E-state index contributed by atoms with van der Waals surface area (Å²) in [5.74, 6) is 0.755. The summed E-state index contributed by atoms with van der Waals surface area (Å²) in [5, 5.41) is 3.33. The minimum atomic E-state index is 0.695. The zero-order valence-corrected chi connectivity index (χ0v) is 10.5. The molecule has 0 aromatic carbocycles. The van der Waals surface area contributed by atoms with Gasteiger partial charge in [-0.2, -0.15) is 0 Å². The van der Waals surface area contributed by atoms with Gasteiger partial charge in [0, 0.05) is 25.7 Å². The van der Waals surface area contributed by atoms with Crippen LogP contribution in [-0.2, 0) is 4.74 Å². The molecule has 15 heavy (non-hydrogen) atoms. The third-order valence-corrected chi connectivity index (χ3v) is 3.07. The Morgan fingerprint density at radius 2 is 2.20 bits per heavy atom. The van der Waals surface area contributed by atoms with Gasteiger partial charge < -0.3 is 10.1 Å². The average Bonchev–Trinajstić information content (AvgIpc) is 2.65. The van der Waals surface area contributed by atoms with E-state index in [1.165, 1.54) is 25.9 Å². The lowest BCUT2D eigenvalue weighted by Gasteiger charge is -2.15. The highest BCUT2D eigenvalue weighted by molar-refractivity contribution is 4.79. The van der Waals surface area contributed by atoms with Crippen molar-refractivity contribution in [3.63, 3.8) is 0 Å². The second-order valence-electron chi connectivity index (χ2n) is 4.87. The van der Waals surface area contributed by atoms with Crippen LogP contribution < -0.4 is 5.32 Å². The Hall–Kier alpha value is -0.120. The van der Waals surface area contributed by atoms with E-state index in [2.05, 4.69) is 24.1 Å². The van der Waals surface area contributed by atoms with Gasteiger partial charge in [0.05, 0.1) is 6.61 Å². The second-order valence-corrected chi connectivity index (χ2v) is 4.87. The molecule has 1 N–H and O–H groups in total. The number of nitrogens with zero attached hydrogens (tertiary/aromatic N) is 1. The number of hydrogen-bond acceptors (Lipinski definition) is 3. The van der Waals surface area contributed by atoms with Crippen molar-refractivity contribution in [3.05, 3.63) is 0 Å². The Morgan fingerprint density at radius 3 is 2.80 bits per heavy atom. The first-order chi connectivity index (χ1) is 7.22. The number of ether oxygens (including phenoxy) is 1. The van der Waals surface area contributed by atoms with Crippen molar-refractivity contribution >= 4 is 0 Å². The monoisotopic (exact) mass is 214 g/mol. The fraction of sp³-hybridized carbons (Fsp3) is 1.00. The summed E-state index contributed by atoms with van der Waals surface area (Å²) in [5.41, 5.74) is 0. The van der Waals surface area contributed by atoms with Gasteiger partial charge in [-0.3, -0.25) is 4.90 Å². The highest BCUT2D eigenvalue weighted by Gasteiger charge is 2.19. The fourth-order valence-electron chi connectivity index (χ4n) is 1.89. The van der Waals surface area contributed by atoms with E-state index in [-0.39, 0.29) is 0 Å². The normalized spacial score (nSPS) is 22.8. The number of likely N-dealkylation sites (N-methyl/N-ethyl adjacent to an activating group) is 1. The number of hydrogen-bond donors (Lipinski definition) is 1. The van der Waals surface area contributed by atoms with E-state index in [0.29, 0.717) is 6.04 Å². The van der Waals surface area contributed by atoms with Gasteiger partial charge in [0.1, 0.15) is 0 Å². The van der Waals surface area contributed by atoms with Crippen LogP contribution in [0.2, 0.25) is 0 Å². The molecule has 0 bridgehead atoms. The van der Waals surface area contributed by atoms with Crippen molar-refractivity contribution in [3.8, 4) is 0 Å². The van der Waals surface area contributed by atoms with Crippen LogP contribution in [0.15, 0.2) is 0 Å². The number of rotatable bonds is 7. The lowest BCUT2D eigenvalue weighted by Crippen LogP contribution is -2.31. The van der Waals surface area contributed by atoms with Crippen LogP contribution in [0.1, 0.15) is 26.7 Å². The first-order valence-corrected chi connectivity index (χ1v) is 6.19. The molecule has 1 unspecified atom stereocenters. The first-order valence-electron chi connectivity index (χ1n) is 6.19. The Bertz CT molecular complexity index is 162. The van der Waals surface area contributed by atoms with E-state index < -0.39 is 0 Å². The maximum absolute atomic E-state index is 5.61. The van der Waals surface area contributed by atoms with Crippen LogP contribution in [0, 0.1) is 5.92 Å². The average molecular weight is 214 g/mol. The number of nitrogens with one attached hydrogen (secondary N) is 1. The van der Waals surface area contributed by atoms with E-state index in [1.807, 2.05) is 7.05 Å².